The fraction of sp³-hybridized carbons (Fsp3) is 0.190. The molecule has 1 aromatic heterocycles. The van der Waals surface area contributed by atoms with Crippen molar-refractivity contribution >= 4 is 5.91 Å². The average molecular weight is 381 g/mol. The van der Waals surface area contributed by atoms with E-state index in [0.29, 0.717) is 11.4 Å². The third-order valence-corrected chi connectivity index (χ3v) is 4.18. The van der Waals surface area contributed by atoms with Gasteiger partial charge in [0.05, 0.1) is 6.54 Å². The third-order valence-electron chi connectivity index (χ3n) is 4.18. The Morgan fingerprint density at radius 2 is 1.82 bits per heavy atom. The first kappa shape index (κ1) is 19.3. The minimum Gasteiger partial charge on any atom is -0.492 e. The number of ether oxygens (including phenoxy) is 1. The summed E-state index contributed by atoms with van der Waals surface area (Å²) < 4.78 is 21.0. The van der Waals surface area contributed by atoms with Crippen molar-refractivity contribution in [3.05, 3.63) is 88.1 Å². The van der Waals surface area contributed by atoms with Crippen molar-refractivity contribution in [1.29, 1.82) is 0 Å². The van der Waals surface area contributed by atoms with Crippen LogP contribution in [0.1, 0.15) is 16.2 Å². The minimum absolute atomic E-state index is 0.170. The summed E-state index contributed by atoms with van der Waals surface area (Å²) in [6, 6.07) is 16.5. The number of aryl methyl sites for hydroxylation is 1. The quantitative estimate of drug-likeness (QED) is 0.659. The predicted octanol–water partition coefficient (Wildman–Crippen LogP) is 2.83. The fourth-order valence-electron chi connectivity index (χ4n) is 2.66. The lowest BCUT2D eigenvalue weighted by Gasteiger charge is -2.18. The maximum Gasteiger partial charge on any atom is 0.278 e. The van der Waals surface area contributed by atoms with Gasteiger partial charge >= 0.3 is 0 Å². The maximum absolute atomic E-state index is 14.1. The van der Waals surface area contributed by atoms with E-state index < -0.39 is 17.2 Å². The number of aromatic nitrogens is 2. The molecule has 0 spiro atoms. The molecule has 3 rings (SSSR count). The fourth-order valence-corrected chi connectivity index (χ4v) is 2.66. The van der Waals surface area contributed by atoms with E-state index in [1.165, 1.54) is 27.8 Å². The molecule has 0 saturated heterocycles. The van der Waals surface area contributed by atoms with Crippen LogP contribution < -0.4 is 10.2 Å². The minimum atomic E-state index is -0.549. The van der Waals surface area contributed by atoms with Gasteiger partial charge in [-0.05, 0) is 31.2 Å². The van der Waals surface area contributed by atoms with Gasteiger partial charge < -0.3 is 9.64 Å². The SMILES string of the molecule is Cc1cc(=O)c(C(=O)N(C)CCOc2ccccc2)nn1-c1ccccc1F. The van der Waals surface area contributed by atoms with Gasteiger partial charge in [0, 0.05) is 18.8 Å². The number of para-hydroxylation sites is 2. The van der Waals surface area contributed by atoms with E-state index in [9.17, 15) is 14.0 Å². The highest BCUT2D eigenvalue weighted by molar-refractivity contribution is 5.91. The Morgan fingerprint density at radius 3 is 2.54 bits per heavy atom. The lowest BCUT2D eigenvalue weighted by atomic mass is 10.2. The van der Waals surface area contributed by atoms with Crippen molar-refractivity contribution in [2.24, 2.45) is 0 Å². The highest BCUT2D eigenvalue weighted by atomic mass is 19.1. The molecule has 1 heterocycles. The van der Waals surface area contributed by atoms with E-state index in [1.54, 1.807) is 26.1 Å². The zero-order chi connectivity index (χ0) is 20.1. The number of halogens is 1. The van der Waals surface area contributed by atoms with Gasteiger partial charge in [-0.15, -0.1) is 0 Å². The van der Waals surface area contributed by atoms with Crippen LogP contribution in [0.4, 0.5) is 4.39 Å². The number of likely N-dealkylation sites (N-methyl/N-ethyl adjacent to an activating group) is 1. The van der Waals surface area contributed by atoms with Gasteiger partial charge in [0.1, 0.15) is 23.9 Å². The number of carbonyl (C=O) groups excluding carboxylic acids is 1. The highest BCUT2D eigenvalue weighted by Gasteiger charge is 2.20. The number of carbonyl (C=O) groups is 1. The van der Waals surface area contributed by atoms with Crippen LogP contribution in [0.25, 0.3) is 5.69 Å². The molecule has 7 heteroatoms. The van der Waals surface area contributed by atoms with Crippen molar-refractivity contribution < 1.29 is 13.9 Å². The number of hydrogen-bond donors (Lipinski definition) is 0. The molecule has 0 bridgehead atoms. The lowest BCUT2D eigenvalue weighted by molar-refractivity contribution is 0.0764. The molecule has 0 aliphatic rings. The molecule has 0 atom stereocenters. The molecule has 0 N–H and O–H groups in total. The molecule has 0 saturated carbocycles. The van der Waals surface area contributed by atoms with Crippen LogP contribution in [0, 0.1) is 12.7 Å². The summed E-state index contributed by atoms with van der Waals surface area (Å²) in [4.78, 5) is 26.3. The number of hydrogen-bond acceptors (Lipinski definition) is 4. The van der Waals surface area contributed by atoms with Gasteiger partial charge in [-0.2, -0.15) is 5.10 Å². The summed E-state index contributed by atoms with van der Waals surface area (Å²) in [6.07, 6.45) is 0. The lowest BCUT2D eigenvalue weighted by Crippen LogP contribution is -2.36. The number of rotatable bonds is 6. The number of benzene rings is 2. The normalized spacial score (nSPS) is 10.5. The summed E-state index contributed by atoms with van der Waals surface area (Å²) in [5.74, 6) is -0.352. The first-order valence-corrected chi connectivity index (χ1v) is 8.76. The Labute approximate surface area is 161 Å². The van der Waals surface area contributed by atoms with Gasteiger partial charge in [-0.25, -0.2) is 9.07 Å². The highest BCUT2D eigenvalue weighted by Crippen LogP contribution is 2.13. The largest absolute Gasteiger partial charge is 0.492 e. The van der Waals surface area contributed by atoms with E-state index in [2.05, 4.69) is 5.10 Å². The van der Waals surface area contributed by atoms with Crippen LogP contribution in [0.5, 0.6) is 5.75 Å². The molecule has 6 nitrogen and oxygen atoms in total. The predicted molar refractivity (Wildman–Crippen MR) is 103 cm³/mol. The molecule has 1 amide bonds. The van der Waals surface area contributed by atoms with Crippen molar-refractivity contribution in [3.63, 3.8) is 0 Å². The molecule has 0 fully saturated rings. The van der Waals surface area contributed by atoms with Crippen LogP contribution in [-0.2, 0) is 0 Å². The van der Waals surface area contributed by atoms with E-state index >= 15 is 0 Å². The van der Waals surface area contributed by atoms with Crippen LogP contribution >= 0.6 is 0 Å². The van der Waals surface area contributed by atoms with Crippen LogP contribution in [0.15, 0.2) is 65.5 Å². The van der Waals surface area contributed by atoms with Gasteiger partial charge in [0.25, 0.3) is 5.91 Å². The smallest absolute Gasteiger partial charge is 0.278 e. The van der Waals surface area contributed by atoms with E-state index in [0.717, 1.165) is 0 Å². The van der Waals surface area contributed by atoms with Gasteiger partial charge in [0.15, 0.2) is 5.69 Å². The van der Waals surface area contributed by atoms with Crippen molar-refractivity contribution in [2.45, 2.75) is 6.92 Å². The third kappa shape index (κ3) is 4.25. The Hall–Kier alpha value is -3.48. The van der Waals surface area contributed by atoms with Crippen LogP contribution in [-0.4, -0.2) is 40.8 Å². The van der Waals surface area contributed by atoms with E-state index in [4.69, 9.17) is 4.74 Å². The Morgan fingerprint density at radius 1 is 1.14 bits per heavy atom. The van der Waals surface area contributed by atoms with Gasteiger partial charge in [0.2, 0.25) is 5.43 Å². The summed E-state index contributed by atoms with van der Waals surface area (Å²) in [6.45, 7) is 2.16. The summed E-state index contributed by atoms with van der Waals surface area (Å²) >= 11 is 0. The second-order valence-corrected chi connectivity index (χ2v) is 6.25. The molecular weight excluding hydrogens is 361 g/mol. The van der Waals surface area contributed by atoms with Gasteiger partial charge in [-0.1, -0.05) is 30.3 Å². The average Bonchev–Trinajstić information content (AvgIpc) is 2.69. The molecule has 0 unspecified atom stereocenters. The van der Waals surface area contributed by atoms with E-state index in [-0.39, 0.29) is 24.5 Å². The first-order valence-electron chi connectivity index (χ1n) is 8.76. The maximum atomic E-state index is 14.1. The Bertz CT molecular complexity index is 1030. The first-order chi connectivity index (χ1) is 13.5. The zero-order valence-electron chi connectivity index (χ0n) is 15.6. The number of nitrogens with zero attached hydrogens (tertiary/aromatic N) is 3. The van der Waals surface area contributed by atoms with Crippen LogP contribution in [0.2, 0.25) is 0 Å². The number of amides is 1. The van der Waals surface area contributed by atoms with Crippen molar-refractivity contribution in [1.82, 2.24) is 14.7 Å². The Balaban J connectivity index is 1.78. The topological polar surface area (TPSA) is 64.4 Å². The zero-order valence-corrected chi connectivity index (χ0v) is 15.6. The van der Waals surface area contributed by atoms with Crippen molar-refractivity contribution in [3.8, 4) is 11.4 Å². The molecule has 0 aliphatic carbocycles. The summed E-state index contributed by atoms with van der Waals surface area (Å²) in [5, 5.41) is 4.12. The molecular formula is C21H20FN3O3. The molecule has 0 aliphatic heterocycles. The van der Waals surface area contributed by atoms with Gasteiger partial charge in [-0.3, -0.25) is 9.59 Å². The molecule has 144 valence electrons. The monoisotopic (exact) mass is 381 g/mol. The summed E-state index contributed by atoms with van der Waals surface area (Å²) in [5.41, 5.74) is -0.173. The van der Waals surface area contributed by atoms with Crippen LogP contribution in [0.3, 0.4) is 0 Å². The molecule has 2 aromatic carbocycles. The second-order valence-electron chi connectivity index (χ2n) is 6.25. The van der Waals surface area contributed by atoms with E-state index in [1.807, 2.05) is 30.3 Å². The Kier molecular flexibility index (Phi) is 5.84. The second kappa shape index (κ2) is 8.47. The molecule has 0 radical (unpaired) electrons. The molecule has 28 heavy (non-hydrogen) atoms. The standard InChI is InChI=1S/C21H20FN3O3/c1-15-14-19(26)20(23-25(15)18-11-7-6-10-17(18)22)21(27)24(2)12-13-28-16-8-4-3-5-9-16/h3-11,14H,12-13H2,1-2H3. The summed E-state index contributed by atoms with van der Waals surface area (Å²) in [7, 11) is 1.56. The molecule has 3 aromatic rings. The van der Waals surface area contributed by atoms with Crippen molar-refractivity contribution in [2.75, 3.05) is 20.2 Å².